The van der Waals surface area contributed by atoms with Crippen molar-refractivity contribution in [2.75, 3.05) is 23.7 Å². The molecule has 1 aliphatic heterocycles. The van der Waals surface area contributed by atoms with Crippen LogP contribution in [0.2, 0.25) is 0 Å². The third-order valence-electron chi connectivity index (χ3n) is 5.78. The SMILES string of the molecule is CC(=O)Nc1nc2c(Oc3cc(-c4ccc(C(F)(F)F)nc4NC4CCN(C(=O)O)C4)ncn3)cccc2s1. The van der Waals surface area contributed by atoms with E-state index < -0.39 is 24.0 Å². The summed E-state index contributed by atoms with van der Waals surface area (Å²) in [5.74, 6) is 0.104. The van der Waals surface area contributed by atoms with E-state index in [0.717, 1.165) is 10.8 Å². The number of benzene rings is 1. The average molecular weight is 560 g/mol. The quantitative estimate of drug-likeness (QED) is 0.295. The fraction of sp³-hybridized carbons (Fsp3) is 0.250. The number of ether oxygens (including phenoxy) is 1. The van der Waals surface area contributed by atoms with E-state index in [1.165, 1.54) is 41.6 Å². The molecule has 4 aromatic rings. The first kappa shape index (κ1) is 26.1. The van der Waals surface area contributed by atoms with E-state index in [2.05, 4.69) is 30.6 Å². The molecule has 15 heteroatoms. The first-order valence-corrected chi connectivity index (χ1v) is 12.4. The lowest BCUT2D eigenvalue weighted by Gasteiger charge is -2.18. The molecule has 0 bridgehead atoms. The van der Waals surface area contributed by atoms with E-state index >= 15 is 0 Å². The zero-order chi connectivity index (χ0) is 27.7. The zero-order valence-electron chi connectivity index (χ0n) is 20.2. The molecule has 1 atom stereocenters. The normalized spacial score (nSPS) is 15.4. The van der Waals surface area contributed by atoms with Gasteiger partial charge in [-0.3, -0.25) is 4.79 Å². The Kier molecular flexibility index (Phi) is 6.91. The Hall–Kier alpha value is -4.53. The lowest BCUT2D eigenvalue weighted by Crippen LogP contribution is -2.30. The molecule has 3 aromatic heterocycles. The van der Waals surface area contributed by atoms with Gasteiger partial charge >= 0.3 is 12.3 Å². The molecule has 0 spiro atoms. The van der Waals surface area contributed by atoms with Gasteiger partial charge in [-0.25, -0.2) is 24.7 Å². The number of para-hydroxylation sites is 1. The minimum absolute atomic E-state index is 0.0896. The maximum Gasteiger partial charge on any atom is 0.433 e. The van der Waals surface area contributed by atoms with Gasteiger partial charge in [0.05, 0.1) is 10.4 Å². The Bertz CT molecular complexity index is 1560. The van der Waals surface area contributed by atoms with Crippen LogP contribution >= 0.6 is 11.3 Å². The fourth-order valence-corrected chi connectivity index (χ4v) is 4.97. The Morgan fingerprint density at radius 1 is 1.18 bits per heavy atom. The molecule has 0 saturated carbocycles. The summed E-state index contributed by atoms with van der Waals surface area (Å²) >= 11 is 1.27. The van der Waals surface area contributed by atoms with Crippen molar-refractivity contribution in [3.05, 3.63) is 48.4 Å². The number of carboxylic acid groups (broad SMARTS) is 1. The number of likely N-dealkylation sites (tertiary alicyclic amines) is 1. The van der Waals surface area contributed by atoms with E-state index in [-0.39, 0.29) is 42.0 Å². The lowest BCUT2D eigenvalue weighted by molar-refractivity contribution is -0.141. The van der Waals surface area contributed by atoms with E-state index in [4.69, 9.17) is 4.74 Å². The molecular formula is C24H20F3N7O4S. The number of carbonyl (C=O) groups excluding carboxylic acids is 1. The molecule has 202 valence electrons. The van der Waals surface area contributed by atoms with Crippen molar-refractivity contribution in [1.82, 2.24) is 24.8 Å². The van der Waals surface area contributed by atoms with Crippen LogP contribution in [0.3, 0.4) is 0 Å². The van der Waals surface area contributed by atoms with Crippen LogP contribution in [0.5, 0.6) is 11.6 Å². The Morgan fingerprint density at radius 2 is 2.00 bits per heavy atom. The van der Waals surface area contributed by atoms with Crippen LogP contribution in [0.25, 0.3) is 21.5 Å². The number of aromatic nitrogens is 4. The van der Waals surface area contributed by atoms with Crippen LogP contribution in [-0.4, -0.2) is 61.1 Å². The van der Waals surface area contributed by atoms with Crippen molar-refractivity contribution in [2.45, 2.75) is 25.6 Å². The maximum absolute atomic E-state index is 13.4. The minimum atomic E-state index is -4.68. The van der Waals surface area contributed by atoms with E-state index in [0.29, 0.717) is 22.8 Å². The number of nitrogens with one attached hydrogen (secondary N) is 2. The minimum Gasteiger partial charge on any atom is -0.465 e. The average Bonchev–Trinajstić information content (AvgIpc) is 3.51. The second-order valence-electron chi connectivity index (χ2n) is 8.60. The standard InChI is InChI=1S/C24H20F3N7O4S/c1-12(35)30-22-33-20-16(3-2-4-17(20)39-22)38-19-9-15(28-11-29-19)14-5-6-18(24(25,26)27)32-21(14)31-13-7-8-34(10-13)23(36)37/h2-6,9,11,13H,7-8,10H2,1H3,(H,31,32)(H,36,37)(H,30,33,35). The van der Waals surface area contributed by atoms with Crippen LogP contribution in [0.15, 0.2) is 42.7 Å². The summed E-state index contributed by atoms with van der Waals surface area (Å²) in [7, 11) is 0. The summed E-state index contributed by atoms with van der Waals surface area (Å²) in [5, 5.41) is 15.2. The Morgan fingerprint density at radius 3 is 2.72 bits per heavy atom. The molecule has 4 heterocycles. The summed E-state index contributed by atoms with van der Waals surface area (Å²) in [6.07, 6.45) is -4.18. The summed E-state index contributed by atoms with van der Waals surface area (Å²) in [6.45, 7) is 1.72. The molecular weight excluding hydrogens is 539 g/mol. The van der Waals surface area contributed by atoms with Gasteiger partial charge in [-0.15, -0.1) is 0 Å². The topological polar surface area (TPSA) is 142 Å². The number of pyridine rings is 1. The van der Waals surface area contributed by atoms with Crippen LogP contribution in [0.4, 0.5) is 28.9 Å². The van der Waals surface area contributed by atoms with Crippen LogP contribution in [-0.2, 0) is 11.0 Å². The summed E-state index contributed by atoms with van der Waals surface area (Å²) in [4.78, 5) is 40.4. The number of halogens is 3. The van der Waals surface area contributed by atoms with Gasteiger partial charge in [0.15, 0.2) is 10.9 Å². The number of thiazole rings is 1. The summed E-state index contributed by atoms with van der Waals surface area (Å²) < 4.78 is 47.0. The first-order chi connectivity index (χ1) is 18.6. The van der Waals surface area contributed by atoms with Gasteiger partial charge in [0.2, 0.25) is 11.8 Å². The predicted molar refractivity (Wildman–Crippen MR) is 136 cm³/mol. The van der Waals surface area contributed by atoms with Crippen molar-refractivity contribution in [3.63, 3.8) is 0 Å². The number of hydrogen-bond acceptors (Lipinski definition) is 9. The molecule has 1 aromatic carbocycles. The highest BCUT2D eigenvalue weighted by molar-refractivity contribution is 7.22. The highest BCUT2D eigenvalue weighted by Gasteiger charge is 2.34. The van der Waals surface area contributed by atoms with Gasteiger partial charge in [0.1, 0.15) is 23.4 Å². The number of hydrogen-bond donors (Lipinski definition) is 3. The van der Waals surface area contributed by atoms with Crippen molar-refractivity contribution in [1.29, 1.82) is 0 Å². The number of carbonyl (C=O) groups is 2. The largest absolute Gasteiger partial charge is 0.465 e. The highest BCUT2D eigenvalue weighted by atomic mass is 32.1. The second kappa shape index (κ2) is 10.3. The van der Waals surface area contributed by atoms with Crippen LogP contribution < -0.4 is 15.4 Å². The van der Waals surface area contributed by atoms with Gasteiger partial charge in [0, 0.05) is 37.7 Å². The molecule has 1 fully saturated rings. The lowest BCUT2D eigenvalue weighted by atomic mass is 10.1. The van der Waals surface area contributed by atoms with E-state index in [1.54, 1.807) is 12.1 Å². The zero-order valence-corrected chi connectivity index (χ0v) is 21.0. The number of alkyl halides is 3. The number of nitrogens with zero attached hydrogens (tertiary/aromatic N) is 5. The predicted octanol–water partition coefficient (Wildman–Crippen LogP) is 5.08. The Balaban J connectivity index is 1.46. The summed E-state index contributed by atoms with van der Waals surface area (Å²) in [6, 6.07) is 8.34. The molecule has 0 radical (unpaired) electrons. The van der Waals surface area contributed by atoms with Gasteiger partial charge in [-0.05, 0) is 30.7 Å². The van der Waals surface area contributed by atoms with Gasteiger partial charge in [-0.2, -0.15) is 13.2 Å². The molecule has 39 heavy (non-hydrogen) atoms. The molecule has 5 rings (SSSR count). The molecule has 1 aliphatic rings. The van der Waals surface area contributed by atoms with Crippen LogP contribution in [0.1, 0.15) is 19.0 Å². The molecule has 1 saturated heterocycles. The fourth-order valence-electron chi connectivity index (χ4n) is 4.04. The monoisotopic (exact) mass is 559 g/mol. The highest BCUT2D eigenvalue weighted by Crippen LogP contribution is 2.37. The second-order valence-corrected chi connectivity index (χ2v) is 9.63. The van der Waals surface area contributed by atoms with E-state index in [1.807, 2.05) is 6.07 Å². The van der Waals surface area contributed by atoms with E-state index in [9.17, 15) is 27.9 Å². The third-order valence-corrected chi connectivity index (χ3v) is 6.72. The molecule has 1 unspecified atom stereocenters. The van der Waals surface area contributed by atoms with Gasteiger partial charge < -0.3 is 25.4 Å². The van der Waals surface area contributed by atoms with Crippen molar-refractivity contribution in [3.8, 4) is 22.9 Å². The van der Waals surface area contributed by atoms with Crippen molar-refractivity contribution < 1.29 is 32.6 Å². The molecule has 3 N–H and O–H groups in total. The first-order valence-electron chi connectivity index (χ1n) is 11.6. The number of fused-ring (bicyclic) bond motifs is 1. The smallest absolute Gasteiger partial charge is 0.433 e. The molecule has 0 aliphatic carbocycles. The van der Waals surface area contributed by atoms with Crippen molar-refractivity contribution >= 4 is 44.5 Å². The third kappa shape index (κ3) is 5.82. The van der Waals surface area contributed by atoms with Crippen molar-refractivity contribution in [2.24, 2.45) is 0 Å². The van der Waals surface area contributed by atoms with Crippen LogP contribution in [0, 0.1) is 0 Å². The maximum atomic E-state index is 13.4. The molecule has 11 nitrogen and oxygen atoms in total. The summed E-state index contributed by atoms with van der Waals surface area (Å²) in [5.41, 5.74) is -0.114. The van der Waals surface area contributed by atoms with Gasteiger partial charge in [0.25, 0.3) is 0 Å². The van der Waals surface area contributed by atoms with Gasteiger partial charge in [-0.1, -0.05) is 17.4 Å². The number of amides is 2. The molecule has 2 amide bonds. The Labute approximate surface area is 222 Å². The number of rotatable bonds is 6. The number of anilines is 2.